The third-order valence-corrected chi connectivity index (χ3v) is 2.70. The van der Waals surface area contributed by atoms with Gasteiger partial charge in [0.1, 0.15) is 6.54 Å². The number of hydrogen-bond donors (Lipinski definition) is 2. The number of hydrogen-bond acceptors (Lipinski definition) is 4. The average molecular weight is 283 g/mol. The van der Waals surface area contributed by atoms with Crippen molar-refractivity contribution in [2.45, 2.75) is 12.6 Å². The molecule has 1 fully saturated rings. The summed E-state index contributed by atoms with van der Waals surface area (Å²) in [5, 5.41) is 4.63. The SMILES string of the molecule is O=C(CNCCCN1CCOCC1)NCC(F)(F)F. The van der Waals surface area contributed by atoms with Gasteiger partial charge in [-0.25, -0.2) is 0 Å². The van der Waals surface area contributed by atoms with Crippen molar-refractivity contribution in [2.75, 3.05) is 52.5 Å². The van der Waals surface area contributed by atoms with E-state index in [1.54, 1.807) is 0 Å². The predicted molar refractivity (Wildman–Crippen MR) is 63.8 cm³/mol. The normalized spacial score (nSPS) is 17.4. The van der Waals surface area contributed by atoms with E-state index < -0.39 is 18.6 Å². The van der Waals surface area contributed by atoms with Gasteiger partial charge in [-0.05, 0) is 19.5 Å². The van der Waals surface area contributed by atoms with Gasteiger partial charge in [-0.2, -0.15) is 13.2 Å². The second kappa shape index (κ2) is 8.34. The van der Waals surface area contributed by atoms with Crippen molar-refractivity contribution in [1.29, 1.82) is 0 Å². The molecule has 1 heterocycles. The standard InChI is InChI=1S/C11H20F3N3O2/c12-11(13,14)9-16-10(18)8-15-2-1-3-17-4-6-19-7-5-17/h15H,1-9H2,(H,16,18). The maximum atomic E-state index is 11.8. The van der Waals surface area contributed by atoms with E-state index in [9.17, 15) is 18.0 Å². The first-order valence-corrected chi connectivity index (χ1v) is 6.31. The number of halogens is 3. The lowest BCUT2D eigenvalue weighted by molar-refractivity contribution is -0.137. The number of amides is 1. The van der Waals surface area contributed by atoms with E-state index in [-0.39, 0.29) is 6.54 Å². The minimum absolute atomic E-state index is 0.0841. The van der Waals surface area contributed by atoms with E-state index in [0.29, 0.717) is 6.54 Å². The van der Waals surface area contributed by atoms with E-state index in [0.717, 1.165) is 39.3 Å². The van der Waals surface area contributed by atoms with Crippen molar-refractivity contribution < 1.29 is 22.7 Å². The minimum Gasteiger partial charge on any atom is -0.379 e. The highest BCUT2D eigenvalue weighted by molar-refractivity contribution is 5.77. The van der Waals surface area contributed by atoms with E-state index in [4.69, 9.17) is 4.74 Å². The van der Waals surface area contributed by atoms with Gasteiger partial charge in [-0.1, -0.05) is 0 Å². The summed E-state index contributed by atoms with van der Waals surface area (Å²) in [6, 6.07) is 0. The fourth-order valence-electron chi connectivity index (χ4n) is 1.72. The zero-order valence-electron chi connectivity index (χ0n) is 10.8. The van der Waals surface area contributed by atoms with Crippen molar-refractivity contribution >= 4 is 5.91 Å². The molecule has 0 bridgehead atoms. The highest BCUT2D eigenvalue weighted by atomic mass is 19.4. The van der Waals surface area contributed by atoms with Crippen molar-refractivity contribution in [3.8, 4) is 0 Å². The number of carbonyl (C=O) groups excluding carboxylic acids is 1. The Kier molecular flexibility index (Phi) is 7.11. The molecule has 0 spiro atoms. The molecular formula is C11H20F3N3O2. The van der Waals surface area contributed by atoms with Crippen molar-refractivity contribution in [2.24, 2.45) is 0 Å². The largest absolute Gasteiger partial charge is 0.405 e. The molecule has 1 aliphatic heterocycles. The summed E-state index contributed by atoms with van der Waals surface area (Å²) < 4.78 is 40.7. The molecule has 0 unspecified atom stereocenters. The Morgan fingerprint density at radius 1 is 1.26 bits per heavy atom. The molecule has 0 aliphatic carbocycles. The summed E-state index contributed by atoms with van der Waals surface area (Å²) >= 11 is 0. The number of ether oxygens (including phenoxy) is 1. The number of morpholine rings is 1. The topological polar surface area (TPSA) is 53.6 Å². The lowest BCUT2D eigenvalue weighted by Gasteiger charge is -2.26. The Bertz CT molecular complexity index is 268. The Hall–Kier alpha value is -0.860. The van der Waals surface area contributed by atoms with Gasteiger partial charge in [-0.15, -0.1) is 0 Å². The monoisotopic (exact) mass is 283 g/mol. The molecule has 0 aromatic carbocycles. The summed E-state index contributed by atoms with van der Waals surface area (Å²) in [7, 11) is 0. The van der Waals surface area contributed by atoms with Crippen LogP contribution in [0.1, 0.15) is 6.42 Å². The van der Waals surface area contributed by atoms with Crippen LogP contribution in [0.4, 0.5) is 13.2 Å². The van der Waals surface area contributed by atoms with Crippen molar-refractivity contribution in [1.82, 2.24) is 15.5 Å². The fraction of sp³-hybridized carbons (Fsp3) is 0.909. The minimum atomic E-state index is -4.36. The number of alkyl halides is 3. The van der Waals surface area contributed by atoms with Gasteiger partial charge in [-0.3, -0.25) is 9.69 Å². The zero-order valence-corrected chi connectivity index (χ0v) is 10.8. The Balaban J connectivity index is 1.93. The molecule has 19 heavy (non-hydrogen) atoms. The van der Waals surface area contributed by atoms with Crippen LogP contribution in [0, 0.1) is 0 Å². The summed E-state index contributed by atoms with van der Waals surface area (Å²) in [5.41, 5.74) is 0. The fourth-order valence-corrected chi connectivity index (χ4v) is 1.72. The van der Waals surface area contributed by atoms with Gasteiger partial charge < -0.3 is 15.4 Å². The van der Waals surface area contributed by atoms with Crippen LogP contribution >= 0.6 is 0 Å². The first kappa shape index (κ1) is 16.2. The highest BCUT2D eigenvalue weighted by Crippen LogP contribution is 2.11. The van der Waals surface area contributed by atoms with Gasteiger partial charge in [0.05, 0.1) is 19.8 Å². The molecule has 1 rings (SSSR count). The number of nitrogens with zero attached hydrogens (tertiary/aromatic N) is 1. The second-order valence-electron chi connectivity index (χ2n) is 4.38. The molecule has 0 saturated carbocycles. The van der Waals surface area contributed by atoms with Crippen LogP contribution in [0.3, 0.4) is 0 Å². The van der Waals surface area contributed by atoms with Gasteiger partial charge in [0.2, 0.25) is 5.91 Å². The average Bonchev–Trinajstić information content (AvgIpc) is 2.36. The second-order valence-corrected chi connectivity index (χ2v) is 4.38. The molecule has 0 atom stereocenters. The Morgan fingerprint density at radius 2 is 1.95 bits per heavy atom. The van der Waals surface area contributed by atoms with E-state index in [1.165, 1.54) is 0 Å². The van der Waals surface area contributed by atoms with Crippen LogP contribution in [-0.2, 0) is 9.53 Å². The summed E-state index contributed by atoms with van der Waals surface area (Å²) in [5.74, 6) is -0.635. The first-order chi connectivity index (χ1) is 8.97. The third kappa shape index (κ3) is 8.79. The van der Waals surface area contributed by atoms with Crippen molar-refractivity contribution in [3.05, 3.63) is 0 Å². The van der Waals surface area contributed by atoms with Crippen LogP contribution in [0.15, 0.2) is 0 Å². The maximum Gasteiger partial charge on any atom is 0.405 e. The molecule has 1 aliphatic rings. The van der Waals surface area contributed by atoms with Crippen LogP contribution in [0.25, 0.3) is 0 Å². The van der Waals surface area contributed by atoms with Gasteiger partial charge in [0, 0.05) is 13.1 Å². The van der Waals surface area contributed by atoms with Gasteiger partial charge in [0.15, 0.2) is 0 Å². The Labute approximate surface area is 110 Å². The molecule has 8 heteroatoms. The lowest BCUT2D eigenvalue weighted by Crippen LogP contribution is -2.40. The van der Waals surface area contributed by atoms with Crippen molar-refractivity contribution in [3.63, 3.8) is 0 Å². The van der Waals surface area contributed by atoms with Gasteiger partial charge >= 0.3 is 6.18 Å². The number of carbonyl (C=O) groups is 1. The van der Waals surface area contributed by atoms with E-state index >= 15 is 0 Å². The molecule has 1 amide bonds. The maximum absolute atomic E-state index is 11.8. The summed E-state index contributed by atoms with van der Waals surface area (Å²) in [6.45, 7) is 3.45. The molecule has 0 radical (unpaired) electrons. The zero-order chi connectivity index (χ0) is 14.1. The number of nitrogens with one attached hydrogen (secondary N) is 2. The predicted octanol–water partition coefficient (Wildman–Crippen LogP) is -0.0232. The molecule has 0 aromatic heterocycles. The molecule has 2 N–H and O–H groups in total. The first-order valence-electron chi connectivity index (χ1n) is 6.31. The quantitative estimate of drug-likeness (QED) is 0.645. The Morgan fingerprint density at radius 3 is 2.58 bits per heavy atom. The van der Waals surface area contributed by atoms with Gasteiger partial charge in [0.25, 0.3) is 0 Å². The molecule has 1 saturated heterocycles. The smallest absolute Gasteiger partial charge is 0.379 e. The van der Waals surface area contributed by atoms with Crippen LogP contribution in [-0.4, -0.2) is 69.5 Å². The lowest BCUT2D eigenvalue weighted by atomic mass is 10.3. The highest BCUT2D eigenvalue weighted by Gasteiger charge is 2.27. The number of rotatable bonds is 7. The third-order valence-electron chi connectivity index (χ3n) is 2.70. The molecule has 0 aromatic rings. The molecular weight excluding hydrogens is 263 g/mol. The van der Waals surface area contributed by atoms with E-state index in [1.807, 2.05) is 5.32 Å². The van der Waals surface area contributed by atoms with Crippen LogP contribution in [0.2, 0.25) is 0 Å². The van der Waals surface area contributed by atoms with E-state index in [2.05, 4.69) is 10.2 Å². The van der Waals surface area contributed by atoms with Crippen LogP contribution in [0.5, 0.6) is 0 Å². The summed E-state index contributed by atoms with van der Waals surface area (Å²) in [4.78, 5) is 13.3. The molecule has 112 valence electrons. The summed E-state index contributed by atoms with van der Waals surface area (Å²) in [6.07, 6.45) is -3.50. The molecule has 5 nitrogen and oxygen atoms in total. The van der Waals surface area contributed by atoms with Crippen LogP contribution < -0.4 is 10.6 Å².